The molecule has 0 amide bonds. The van der Waals surface area contributed by atoms with Crippen LogP contribution in [0.3, 0.4) is 0 Å². The summed E-state index contributed by atoms with van der Waals surface area (Å²) in [4.78, 5) is 24.1. The van der Waals surface area contributed by atoms with E-state index in [1.165, 1.54) is 10.8 Å². The molecule has 2 heterocycles. The monoisotopic (exact) mass is 259 g/mol. The van der Waals surface area contributed by atoms with Crippen molar-refractivity contribution >= 4 is 0 Å². The number of aromatic nitrogens is 4. The van der Waals surface area contributed by atoms with E-state index in [1.807, 2.05) is 6.07 Å². The fourth-order valence-electron chi connectivity index (χ4n) is 1.81. The Labute approximate surface area is 108 Å². The van der Waals surface area contributed by atoms with Gasteiger partial charge in [-0.1, -0.05) is 0 Å². The lowest BCUT2D eigenvalue weighted by Crippen LogP contribution is -2.41. The summed E-state index contributed by atoms with van der Waals surface area (Å²) in [5.74, 6) is 0. The molecule has 98 valence electrons. The number of aryl methyl sites for hydroxylation is 2. The molecule has 0 aromatic carbocycles. The van der Waals surface area contributed by atoms with E-state index in [1.54, 1.807) is 30.9 Å². The summed E-state index contributed by atoms with van der Waals surface area (Å²) in [6.45, 7) is 2.28. The summed E-state index contributed by atoms with van der Waals surface area (Å²) in [6, 6.07) is 3.54. The van der Waals surface area contributed by atoms with Crippen molar-refractivity contribution in [3.05, 3.63) is 50.6 Å². The summed E-state index contributed by atoms with van der Waals surface area (Å²) in [7, 11) is 1.73. The highest BCUT2D eigenvalue weighted by Gasteiger charge is 2.12. The van der Waals surface area contributed by atoms with Crippen LogP contribution in [0.4, 0.5) is 0 Å². The Morgan fingerprint density at radius 3 is 2.68 bits per heavy atom. The van der Waals surface area contributed by atoms with Gasteiger partial charge >= 0.3 is 5.69 Å². The third kappa shape index (κ3) is 2.20. The fourth-order valence-corrected chi connectivity index (χ4v) is 1.81. The third-order valence-electron chi connectivity index (χ3n) is 2.94. The minimum Gasteiger partial charge on any atom is -0.299 e. The molecule has 7 nitrogen and oxygen atoms in total. The van der Waals surface area contributed by atoms with Gasteiger partial charge < -0.3 is 0 Å². The molecule has 0 N–H and O–H groups in total. The first kappa shape index (κ1) is 12.8. The SMILES string of the molecule is CCn1cc(C#N)c(=O)n(Cc2ccnn2C)c1=O. The zero-order valence-electron chi connectivity index (χ0n) is 10.7. The molecule has 2 rings (SSSR count). The Morgan fingerprint density at radius 1 is 1.42 bits per heavy atom. The maximum absolute atomic E-state index is 12.1. The van der Waals surface area contributed by atoms with Crippen molar-refractivity contribution in [2.24, 2.45) is 7.05 Å². The highest BCUT2D eigenvalue weighted by molar-refractivity contribution is 5.22. The van der Waals surface area contributed by atoms with E-state index in [9.17, 15) is 9.59 Å². The number of nitrogens with zero attached hydrogens (tertiary/aromatic N) is 5. The average Bonchev–Trinajstić information content (AvgIpc) is 2.80. The standard InChI is InChI=1S/C12H13N5O2/c1-3-16-7-9(6-13)11(18)17(12(16)19)8-10-4-5-14-15(10)2/h4-5,7H,3,8H2,1-2H3. The molecule has 0 aliphatic rings. The summed E-state index contributed by atoms with van der Waals surface area (Å²) in [5, 5.41) is 12.9. The lowest BCUT2D eigenvalue weighted by molar-refractivity contribution is 0.574. The first-order valence-corrected chi connectivity index (χ1v) is 5.79. The van der Waals surface area contributed by atoms with Gasteiger partial charge in [0.1, 0.15) is 11.6 Å². The van der Waals surface area contributed by atoms with E-state index in [-0.39, 0.29) is 12.1 Å². The van der Waals surface area contributed by atoms with Crippen molar-refractivity contribution in [1.29, 1.82) is 5.26 Å². The van der Waals surface area contributed by atoms with E-state index in [2.05, 4.69) is 5.10 Å². The molecule has 0 atom stereocenters. The van der Waals surface area contributed by atoms with Crippen LogP contribution in [0.1, 0.15) is 18.2 Å². The van der Waals surface area contributed by atoms with Crippen LogP contribution < -0.4 is 11.2 Å². The molecule has 0 radical (unpaired) electrons. The van der Waals surface area contributed by atoms with Gasteiger partial charge in [0.25, 0.3) is 5.56 Å². The van der Waals surface area contributed by atoms with Crippen molar-refractivity contribution in [1.82, 2.24) is 18.9 Å². The van der Waals surface area contributed by atoms with Crippen LogP contribution in [0.25, 0.3) is 0 Å². The largest absolute Gasteiger partial charge is 0.331 e. The van der Waals surface area contributed by atoms with E-state index >= 15 is 0 Å². The van der Waals surface area contributed by atoms with Crippen LogP contribution in [-0.4, -0.2) is 18.9 Å². The van der Waals surface area contributed by atoms with Crippen LogP contribution in [0.15, 0.2) is 28.0 Å². The molecule has 0 saturated carbocycles. The van der Waals surface area contributed by atoms with E-state index in [4.69, 9.17) is 5.26 Å². The zero-order chi connectivity index (χ0) is 14.0. The van der Waals surface area contributed by atoms with Gasteiger partial charge in [0.15, 0.2) is 0 Å². The molecule has 0 aliphatic heterocycles. The average molecular weight is 259 g/mol. The minimum absolute atomic E-state index is 0.0383. The predicted octanol–water partition coefficient (Wildman–Crippen LogP) is -0.317. The smallest absolute Gasteiger partial charge is 0.299 e. The highest BCUT2D eigenvalue weighted by Crippen LogP contribution is 1.97. The molecule has 0 bridgehead atoms. The lowest BCUT2D eigenvalue weighted by Gasteiger charge is -2.09. The minimum atomic E-state index is -0.571. The van der Waals surface area contributed by atoms with Crippen molar-refractivity contribution in [2.45, 2.75) is 20.0 Å². The fraction of sp³-hybridized carbons (Fsp3) is 0.333. The molecule has 0 fully saturated rings. The maximum atomic E-state index is 12.1. The van der Waals surface area contributed by atoms with E-state index in [0.29, 0.717) is 6.54 Å². The Kier molecular flexibility index (Phi) is 3.33. The summed E-state index contributed by atoms with van der Waals surface area (Å²) < 4.78 is 3.98. The van der Waals surface area contributed by atoms with Crippen LogP contribution in [0, 0.1) is 11.3 Å². The Hall–Kier alpha value is -2.62. The first-order valence-electron chi connectivity index (χ1n) is 5.79. The normalized spacial score (nSPS) is 10.4. The summed E-state index contributed by atoms with van der Waals surface area (Å²) in [5.41, 5.74) is -0.313. The zero-order valence-corrected chi connectivity index (χ0v) is 10.7. The second-order valence-corrected chi connectivity index (χ2v) is 4.06. The van der Waals surface area contributed by atoms with Gasteiger partial charge in [0.2, 0.25) is 0 Å². The van der Waals surface area contributed by atoms with Crippen molar-refractivity contribution < 1.29 is 0 Å². The number of nitriles is 1. The molecular weight excluding hydrogens is 246 g/mol. The second-order valence-electron chi connectivity index (χ2n) is 4.06. The molecule has 0 spiro atoms. The van der Waals surface area contributed by atoms with E-state index < -0.39 is 11.2 Å². The van der Waals surface area contributed by atoms with Gasteiger partial charge in [-0.15, -0.1) is 0 Å². The first-order chi connectivity index (χ1) is 9.08. The third-order valence-corrected chi connectivity index (χ3v) is 2.94. The quantitative estimate of drug-likeness (QED) is 0.756. The predicted molar refractivity (Wildman–Crippen MR) is 67.7 cm³/mol. The van der Waals surface area contributed by atoms with Gasteiger partial charge in [-0.25, -0.2) is 4.79 Å². The number of hydrogen-bond acceptors (Lipinski definition) is 4. The Balaban J connectivity index is 2.63. The van der Waals surface area contributed by atoms with Gasteiger partial charge in [0, 0.05) is 26.0 Å². The summed E-state index contributed by atoms with van der Waals surface area (Å²) in [6.07, 6.45) is 2.89. The second kappa shape index (κ2) is 4.94. The van der Waals surface area contributed by atoms with Gasteiger partial charge in [-0.3, -0.25) is 18.6 Å². The van der Waals surface area contributed by atoms with Gasteiger partial charge in [-0.05, 0) is 13.0 Å². The molecule has 0 saturated heterocycles. The van der Waals surface area contributed by atoms with Crippen molar-refractivity contribution in [3.8, 4) is 6.07 Å². The number of rotatable bonds is 3. The lowest BCUT2D eigenvalue weighted by atomic mass is 10.3. The van der Waals surface area contributed by atoms with Crippen molar-refractivity contribution in [2.75, 3.05) is 0 Å². The number of hydrogen-bond donors (Lipinski definition) is 0. The Morgan fingerprint density at radius 2 is 2.16 bits per heavy atom. The molecule has 19 heavy (non-hydrogen) atoms. The van der Waals surface area contributed by atoms with Crippen molar-refractivity contribution in [3.63, 3.8) is 0 Å². The van der Waals surface area contributed by atoms with Crippen LogP contribution >= 0.6 is 0 Å². The van der Waals surface area contributed by atoms with Crippen LogP contribution in [0.5, 0.6) is 0 Å². The molecule has 2 aromatic rings. The molecule has 7 heteroatoms. The van der Waals surface area contributed by atoms with Gasteiger partial charge in [-0.2, -0.15) is 10.4 Å². The Bertz CT molecular complexity index is 760. The van der Waals surface area contributed by atoms with Crippen LogP contribution in [-0.2, 0) is 20.1 Å². The molecule has 2 aromatic heterocycles. The molecule has 0 aliphatic carbocycles. The summed E-state index contributed by atoms with van der Waals surface area (Å²) >= 11 is 0. The van der Waals surface area contributed by atoms with E-state index in [0.717, 1.165) is 10.3 Å². The molecular formula is C12H13N5O2. The maximum Gasteiger partial charge on any atom is 0.331 e. The van der Waals surface area contributed by atoms with Crippen LogP contribution in [0.2, 0.25) is 0 Å². The molecule has 0 unspecified atom stereocenters. The topological polar surface area (TPSA) is 85.6 Å². The van der Waals surface area contributed by atoms with Gasteiger partial charge in [0.05, 0.1) is 12.2 Å². The highest BCUT2D eigenvalue weighted by atomic mass is 16.2.